The van der Waals surface area contributed by atoms with E-state index in [4.69, 9.17) is 0 Å². The monoisotopic (exact) mass is 287 g/mol. The van der Waals surface area contributed by atoms with Gasteiger partial charge in [0.1, 0.15) is 0 Å². The molecule has 2 aromatic rings. The maximum Gasteiger partial charge on any atom is 0.272 e. The first kappa shape index (κ1) is 14.1. The Kier molecular flexibility index (Phi) is 3.68. The van der Waals surface area contributed by atoms with E-state index < -0.39 is 5.60 Å². The third kappa shape index (κ3) is 2.93. The molecular weight excluding hydrogens is 266 g/mol. The number of hydrogen-bond donors (Lipinski definition) is 3. The zero-order chi connectivity index (χ0) is 14.9. The molecule has 0 aliphatic heterocycles. The molecule has 5 nitrogen and oxygen atoms in total. The number of amides is 1. The lowest BCUT2D eigenvalue weighted by molar-refractivity contribution is 0.00522. The molecule has 0 spiro atoms. The van der Waals surface area contributed by atoms with E-state index in [0.717, 1.165) is 42.1 Å². The van der Waals surface area contributed by atoms with E-state index in [2.05, 4.69) is 15.5 Å². The normalized spacial score (nSPS) is 17.8. The summed E-state index contributed by atoms with van der Waals surface area (Å²) in [4.78, 5) is 12.3. The number of aryl methyl sites for hydroxylation is 1. The standard InChI is InChI=1S/C16H21N3O2/c1-11-5-6-13-12(9-11)14(19-18-13)15(20)17-10-16(21)7-3-2-4-8-16/h5-6,9,21H,2-4,7-8,10H2,1H3,(H,17,20)(H,18,19). The molecule has 1 aliphatic carbocycles. The Hall–Kier alpha value is -1.88. The summed E-state index contributed by atoms with van der Waals surface area (Å²) in [7, 11) is 0. The van der Waals surface area contributed by atoms with Gasteiger partial charge in [-0.05, 0) is 31.9 Å². The maximum absolute atomic E-state index is 12.3. The number of benzene rings is 1. The zero-order valence-corrected chi connectivity index (χ0v) is 12.3. The number of hydrogen-bond acceptors (Lipinski definition) is 3. The fourth-order valence-electron chi connectivity index (χ4n) is 3.02. The Labute approximate surface area is 123 Å². The van der Waals surface area contributed by atoms with E-state index in [1.807, 2.05) is 25.1 Å². The predicted octanol–water partition coefficient (Wildman–Crippen LogP) is 2.30. The second-order valence-electron chi connectivity index (χ2n) is 6.09. The lowest BCUT2D eigenvalue weighted by Gasteiger charge is -2.31. The smallest absolute Gasteiger partial charge is 0.272 e. The van der Waals surface area contributed by atoms with Gasteiger partial charge < -0.3 is 10.4 Å². The number of aliphatic hydroxyl groups is 1. The van der Waals surface area contributed by atoms with E-state index in [1.165, 1.54) is 6.42 Å². The molecule has 1 saturated carbocycles. The van der Waals surface area contributed by atoms with Gasteiger partial charge in [-0.3, -0.25) is 9.89 Å². The van der Waals surface area contributed by atoms with E-state index in [0.29, 0.717) is 12.2 Å². The zero-order valence-electron chi connectivity index (χ0n) is 12.3. The molecule has 0 saturated heterocycles. The van der Waals surface area contributed by atoms with Crippen LogP contribution in [-0.4, -0.2) is 33.4 Å². The first-order valence-corrected chi connectivity index (χ1v) is 7.53. The molecule has 3 N–H and O–H groups in total. The van der Waals surface area contributed by atoms with Crippen LogP contribution in [0.2, 0.25) is 0 Å². The van der Waals surface area contributed by atoms with Gasteiger partial charge in [0.15, 0.2) is 5.69 Å². The second-order valence-corrected chi connectivity index (χ2v) is 6.09. The summed E-state index contributed by atoms with van der Waals surface area (Å²) >= 11 is 0. The van der Waals surface area contributed by atoms with Gasteiger partial charge in [0, 0.05) is 11.9 Å². The number of nitrogens with zero attached hydrogens (tertiary/aromatic N) is 1. The summed E-state index contributed by atoms with van der Waals surface area (Å²) in [5.74, 6) is -0.231. The molecule has 1 aromatic heterocycles. The van der Waals surface area contributed by atoms with Crippen LogP contribution < -0.4 is 5.32 Å². The average molecular weight is 287 g/mol. The molecule has 0 unspecified atom stereocenters. The summed E-state index contributed by atoms with van der Waals surface area (Å²) in [6.07, 6.45) is 4.73. The van der Waals surface area contributed by atoms with Gasteiger partial charge in [0.05, 0.1) is 11.1 Å². The molecule has 1 fully saturated rings. The topological polar surface area (TPSA) is 78.0 Å². The number of aromatic nitrogens is 2. The van der Waals surface area contributed by atoms with E-state index in [1.54, 1.807) is 0 Å². The summed E-state index contributed by atoms with van der Waals surface area (Å²) < 4.78 is 0. The van der Waals surface area contributed by atoms with Gasteiger partial charge in [0.25, 0.3) is 5.91 Å². The van der Waals surface area contributed by atoms with E-state index in [9.17, 15) is 9.90 Å². The van der Waals surface area contributed by atoms with E-state index >= 15 is 0 Å². The number of nitrogens with one attached hydrogen (secondary N) is 2. The number of fused-ring (bicyclic) bond motifs is 1. The van der Waals surface area contributed by atoms with E-state index in [-0.39, 0.29) is 5.91 Å². The molecule has 3 rings (SSSR count). The van der Waals surface area contributed by atoms with Crippen LogP contribution in [-0.2, 0) is 0 Å². The quantitative estimate of drug-likeness (QED) is 0.810. The highest BCUT2D eigenvalue weighted by Crippen LogP contribution is 2.27. The molecule has 1 aliphatic rings. The van der Waals surface area contributed by atoms with Crippen molar-refractivity contribution >= 4 is 16.8 Å². The van der Waals surface area contributed by atoms with Crippen molar-refractivity contribution in [3.05, 3.63) is 29.5 Å². The fourth-order valence-corrected chi connectivity index (χ4v) is 3.02. The molecule has 0 atom stereocenters. The Bertz CT molecular complexity index is 657. The number of carbonyl (C=O) groups is 1. The van der Waals surface area contributed by atoms with Crippen molar-refractivity contribution in [1.82, 2.24) is 15.5 Å². The molecule has 112 valence electrons. The van der Waals surface area contributed by atoms with Crippen LogP contribution in [0.1, 0.15) is 48.2 Å². The Balaban J connectivity index is 1.73. The van der Waals surface area contributed by atoms with Crippen LogP contribution in [0.15, 0.2) is 18.2 Å². The molecule has 5 heteroatoms. The highest BCUT2D eigenvalue weighted by atomic mass is 16.3. The average Bonchev–Trinajstić information content (AvgIpc) is 2.89. The number of rotatable bonds is 3. The largest absolute Gasteiger partial charge is 0.388 e. The van der Waals surface area contributed by atoms with Gasteiger partial charge in [-0.2, -0.15) is 5.10 Å². The van der Waals surface area contributed by atoms with Crippen LogP contribution in [0.3, 0.4) is 0 Å². The fraction of sp³-hybridized carbons (Fsp3) is 0.500. The van der Waals surface area contributed by atoms with Crippen molar-refractivity contribution < 1.29 is 9.90 Å². The molecule has 0 bridgehead atoms. The highest BCUT2D eigenvalue weighted by molar-refractivity contribution is 6.04. The molecule has 21 heavy (non-hydrogen) atoms. The second kappa shape index (κ2) is 5.48. The third-order valence-electron chi connectivity index (χ3n) is 4.30. The highest BCUT2D eigenvalue weighted by Gasteiger charge is 2.30. The van der Waals surface area contributed by atoms with Crippen molar-refractivity contribution in [3.8, 4) is 0 Å². The predicted molar refractivity (Wildman–Crippen MR) is 81.2 cm³/mol. The molecule has 1 aromatic carbocycles. The van der Waals surface area contributed by atoms with Crippen molar-refractivity contribution in [1.29, 1.82) is 0 Å². The molecule has 0 radical (unpaired) electrons. The molecule has 1 amide bonds. The third-order valence-corrected chi connectivity index (χ3v) is 4.30. The minimum Gasteiger partial charge on any atom is -0.388 e. The lowest BCUT2D eigenvalue weighted by Crippen LogP contribution is -2.44. The summed E-state index contributed by atoms with van der Waals surface area (Å²) in [6, 6.07) is 5.85. The maximum atomic E-state index is 12.3. The lowest BCUT2D eigenvalue weighted by atomic mass is 9.85. The van der Waals surface area contributed by atoms with Gasteiger partial charge in [-0.15, -0.1) is 0 Å². The summed E-state index contributed by atoms with van der Waals surface area (Å²) in [5.41, 5.74) is 1.58. The number of carbonyl (C=O) groups excluding carboxylic acids is 1. The summed E-state index contributed by atoms with van der Waals surface area (Å²) in [5, 5.41) is 21.1. The van der Waals surface area contributed by atoms with Gasteiger partial charge in [-0.1, -0.05) is 30.9 Å². The minimum absolute atomic E-state index is 0.231. The van der Waals surface area contributed by atoms with Gasteiger partial charge in [0.2, 0.25) is 0 Å². The molecule has 1 heterocycles. The van der Waals surface area contributed by atoms with Crippen molar-refractivity contribution in [2.45, 2.75) is 44.6 Å². The Morgan fingerprint density at radius 2 is 2.14 bits per heavy atom. The number of aromatic amines is 1. The Morgan fingerprint density at radius 1 is 1.38 bits per heavy atom. The van der Waals surface area contributed by atoms with Crippen LogP contribution in [0.25, 0.3) is 10.9 Å². The Morgan fingerprint density at radius 3 is 2.90 bits per heavy atom. The van der Waals surface area contributed by atoms with Crippen LogP contribution in [0, 0.1) is 6.92 Å². The van der Waals surface area contributed by atoms with Crippen LogP contribution in [0.4, 0.5) is 0 Å². The first-order valence-electron chi connectivity index (χ1n) is 7.53. The van der Waals surface area contributed by atoms with Gasteiger partial charge >= 0.3 is 0 Å². The van der Waals surface area contributed by atoms with Crippen molar-refractivity contribution in [3.63, 3.8) is 0 Å². The first-order chi connectivity index (χ1) is 10.1. The molecular formula is C16H21N3O2. The van der Waals surface area contributed by atoms with Gasteiger partial charge in [-0.25, -0.2) is 0 Å². The SMILES string of the molecule is Cc1ccc2[nH]nc(C(=O)NCC3(O)CCCCC3)c2c1. The van der Waals surface area contributed by atoms with Crippen LogP contribution >= 0.6 is 0 Å². The summed E-state index contributed by atoms with van der Waals surface area (Å²) in [6.45, 7) is 2.28. The number of H-pyrrole nitrogens is 1. The van der Waals surface area contributed by atoms with Crippen molar-refractivity contribution in [2.75, 3.05) is 6.54 Å². The van der Waals surface area contributed by atoms with Crippen LogP contribution in [0.5, 0.6) is 0 Å². The van der Waals surface area contributed by atoms with Crippen molar-refractivity contribution in [2.24, 2.45) is 0 Å². The minimum atomic E-state index is -0.754.